The van der Waals surface area contributed by atoms with Crippen LogP contribution in [0.15, 0.2) is 41.2 Å². The molecule has 2 heterocycles. The first-order chi connectivity index (χ1) is 9.16. The zero-order valence-corrected chi connectivity index (χ0v) is 9.91. The molecule has 0 unspecified atom stereocenters. The van der Waals surface area contributed by atoms with E-state index < -0.39 is 4.92 Å². The van der Waals surface area contributed by atoms with Crippen molar-refractivity contribution >= 4 is 17.3 Å². The third kappa shape index (κ3) is 1.87. The molecule has 0 atom stereocenters. The minimum Gasteiger partial charge on any atom is -0.472 e. The Morgan fingerprint density at radius 3 is 2.89 bits per heavy atom. The number of carbonyl (C=O) groups is 1. The molecule has 1 amide bonds. The number of hydrogen-bond donors (Lipinski definition) is 0. The summed E-state index contributed by atoms with van der Waals surface area (Å²) in [6.07, 6.45) is 3.51. The van der Waals surface area contributed by atoms with E-state index in [1.165, 1.54) is 24.7 Å². The van der Waals surface area contributed by atoms with E-state index in [0.29, 0.717) is 24.2 Å². The number of hydrogen-bond acceptors (Lipinski definition) is 4. The van der Waals surface area contributed by atoms with Crippen molar-refractivity contribution in [1.29, 1.82) is 0 Å². The molecule has 3 rings (SSSR count). The van der Waals surface area contributed by atoms with Crippen molar-refractivity contribution in [2.75, 3.05) is 11.4 Å². The monoisotopic (exact) mass is 258 g/mol. The lowest BCUT2D eigenvalue weighted by atomic mass is 10.1. The highest BCUT2D eigenvalue weighted by atomic mass is 16.6. The first-order valence-electron chi connectivity index (χ1n) is 5.78. The van der Waals surface area contributed by atoms with Crippen LogP contribution in [0, 0.1) is 10.1 Å². The Morgan fingerprint density at radius 2 is 2.21 bits per heavy atom. The molecule has 6 heteroatoms. The second-order valence-electron chi connectivity index (χ2n) is 4.29. The average Bonchev–Trinajstić information content (AvgIpc) is 3.06. The first-order valence-corrected chi connectivity index (χ1v) is 5.78. The number of nitrogens with zero attached hydrogens (tertiary/aromatic N) is 2. The number of fused-ring (bicyclic) bond motifs is 1. The Hall–Kier alpha value is -2.63. The quantitative estimate of drug-likeness (QED) is 0.612. The number of anilines is 1. The van der Waals surface area contributed by atoms with Crippen LogP contribution >= 0.6 is 0 Å². The van der Waals surface area contributed by atoms with E-state index in [0.717, 1.165) is 5.56 Å². The minimum absolute atomic E-state index is 0.00866. The molecule has 96 valence electrons. The van der Waals surface area contributed by atoms with Gasteiger partial charge in [-0.25, -0.2) is 0 Å². The van der Waals surface area contributed by atoms with Gasteiger partial charge >= 0.3 is 0 Å². The lowest BCUT2D eigenvalue weighted by Gasteiger charge is -2.15. The van der Waals surface area contributed by atoms with Crippen LogP contribution in [0.3, 0.4) is 0 Å². The molecule has 0 aliphatic carbocycles. The largest absolute Gasteiger partial charge is 0.472 e. The highest BCUT2D eigenvalue weighted by Crippen LogP contribution is 2.32. The SMILES string of the molecule is O=C(c1ccoc1)N1CCc2ccc([N+](=O)[O-])cc21. The summed E-state index contributed by atoms with van der Waals surface area (Å²) in [5.74, 6) is -0.201. The van der Waals surface area contributed by atoms with Crippen molar-refractivity contribution in [1.82, 2.24) is 0 Å². The van der Waals surface area contributed by atoms with Crippen LogP contribution in [-0.2, 0) is 6.42 Å². The molecule has 2 aromatic rings. The molecule has 1 aliphatic rings. The maximum absolute atomic E-state index is 12.2. The maximum Gasteiger partial charge on any atom is 0.271 e. The Morgan fingerprint density at radius 1 is 1.37 bits per heavy atom. The highest BCUT2D eigenvalue weighted by Gasteiger charge is 2.27. The van der Waals surface area contributed by atoms with Gasteiger partial charge in [-0.1, -0.05) is 6.07 Å². The second-order valence-corrected chi connectivity index (χ2v) is 4.29. The maximum atomic E-state index is 12.2. The number of furan rings is 1. The Kier molecular flexibility index (Phi) is 2.56. The van der Waals surface area contributed by atoms with Gasteiger partial charge in [0.05, 0.1) is 22.4 Å². The molecule has 0 saturated heterocycles. The molecule has 0 N–H and O–H groups in total. The van der Waals surface area contributed by atoms with Crippen LogP contribution in [0.4, 0.5) is 11.4 Å². The molecule has 0 spiro atoms. The smallest absolute Gasteiger partial charge is 0.271 e. The zero-order valence-electron chi connectivity index (χ0n) is 9.91. The van der Waals surface area contributed by atoms with E-state index in [-0.39, 0.29) is 11.6 Å². The van der Waals surface area contributed by atoms with Gasteiger partial charge in [-0.15, -0.1) is 0 Å². The third-order valence-corrected chi connectivity index (χ3v) is 3.19. The van der Waals surface area contributed by atoms with E-state index in [4.69, 9.17) is 4.42 Å². The summed E-state index contributed by atoms with van der Waals surface area (Å²) in [5, 5.41) is 10.8. The van der Waals surface area contributed by atoms with E-state index in [1.54, 1.807) is 17.0 Å². The molecule has 0 radical (unpaired) electrons. The van der Waals surface area contributed by atoms with Crippen molar-refractivity contribution in [2.45, 2.75) is 6.42 Å². The van der Waals surface area contributed by atoms with Gasteiger partial charge in [0.2, 0.25) is 0 Å². The van der Waals surface area contributed by atoms with Crippen LogP contribution in [0.1, 0.15) is 15.9 Å². The fourth-order valence-corrected chi connectivity index (χ4v) is 2.23. The van der Waals surface area contributed by atoms with Gasteiger partial charge in [0.25, 0.3) is 11.6 Å². The number of nitro groups is 1. The Labute approximate surface area is 108 Å². The summed E-state index contributed by atoms with van der Waals surface area (Å²) in [6.45, 7) is 0.528. The molecule has 0 saturated carbocycles. The van der Waals surface area contributed by atoms with Crippen molar-refractivity contribution in [3.05, 3.63) is 58.0 Å². The predicted octanol–water partition coefficient (Wildman–Crippen LogP) is 2.39. The van der Waals surface area contributed by atoms with E-state index in [9.17, 15) is 14.9 Å². The van der Waals surface area contributed by atoms with E-state index in [1.807, 2.05) is 0 Å². The summed E-state index contributed by atoms with van der Waals surface area (Å²) in [7, 11) is 0. The highest BCUT2D eigenvalue weighted by molar-refractivity contribution is 6.07. The van der Waals surface area contributed by atoms with Gasteiger partial charge < -0.3 is 9.32 Å². The average molecular weight is 258 g/mol. The standard InChI is InChI=1S/C13H10N2O4/c16-13(10-4-6-19-8-10)14-5-3-9-1-2-11(15(17)18)7-12(9)14/h1-2,4,6-8H,3,5H2. The lowest BCUT2D eigenvalue weighted by molar-refractivity contribution is -0.384. The van der Waals surface area contributed by atoms with Crippen LogP contribution in [0.2, 0.25) is 0 Å². The molecule has 1 aromatic heterocycles. The Balaban J connectivity index is 1.99. The van der Waals surface area contributed by atoms with Gasteiger partial charge in [0, 0.05) is 18.7 Å². The predicted molar refractivity (Wildman–Crippen MR) is 67.2 cm³/mol. The first kappa shape index (κ1) is 11.5. The number of rotatable bonds is 2. The molecule has 1 aliphatic heterocycles. The number of non-ortho nitro benzene ring substituents is 1. The molecule has 1 aromatic carbocycles. The summed E-state index contributed by atoms with van der Waals surface area (Å²) in [6, 6.07) is 6.19. The van der Waals surface area contributed by atoms with E-state index >= 15 is 0 Å². The summed E-state index contributed by atoms with van der Waals surface area (Å²) >= 11 is 0. The summed E-state index contributed by atoms with van der Waals surface area (Å²) in [5.41, 5.74) is 1.99. The van der Waals surface area contributed by atoms with Gasteiger partial charge in [-0.2, -0.15) is 0 Å². The Bertz CT molecular complexity index is 649. The molecular formula is C13H10N2O4. The zero-order chi connectivity index (χ0) is 13.4. The number of benzene rings is 1. The van der Waals surface area contributed by atoms with Crippen molar-refractivity contribution in [3.8, 4) is 0 Å². The van der Waals surface area contributed by atoms with Gasteiger partial charge in [-0.05, 0) is 18.1 Å². The minimum atomic E-state index is -0.459. The fourth-order valence-electron chi connectivity index (χ4n) is 2.23. The van der Waals surface area contributed by atoms with Crippen molar-refractivity contribution in [3.63, 3.8) is 0 Å². The van der Waals surface area contributed by atoms with Crippen LogP contribution < -0.4 is 4.90 Å². The van der Waals surface area contributed by atoms with Crippen LogP contribution in [0.25, 0.3) is 0 Å². The summed E-state index contributed by atoms with van der Waals surface area (Å²) < 4.78 is 4.89. The van der Waals surface area contributed by atoms with E-state index in [2.05, 4.69) is 0 Å². The van der Waals surface area contributed by atoms with Crippen molar-refractivity contribution < 1.29 is 14.1 Å². The molecule has 19 heavy (non-hydrogen) atoms. The van der Waals surface area contributed by atoms with Crippen LogP contribution in [0.5, 0.6) is 0 Å². The second kappa shape index (κ2) is 4.24. The molecule has 0 fully saturated rings. The molecule has 0 bridgehead atoms. The normalized spacial score (nSPS) is 13.4. The van der Waals surface area contributed by atoms with Gasteiger partial charge in [0.1, 0.15) is 6.26 Å². The lowest BCUT2D eigenvalue weighted by Crippen LogP contribution is -2.28. The molecule has 6 nitrogen and oxygen atoms in total. The van der Waals surface area contributed by atoms with Gasteiger partial charge in [0.15, 0.2) is 0 Å². The number of nitro benzene ring substituents is 1. The number of amides is 1. The topological polar surface area (TPSA) is 76.6 Å². The van der Waals surface area contributed by atoms with Gasteiger partial charge in [-0.3, -0.25) is 14.9 Å². The summed E-state index contributed by atoms with van der Waals surface area (Å²) in [4.78, 5) is 24.1. The van der Waals surface area contributed by atoms with Crippen LogP contribution in [-0.4, -0.2) is 17.4 Å². The molecular weight excluding hydrogens is 248 g/mol. The number of carbonyl (C=O) groups excluding carboxylic acids is 1. The fraction of sp³-hybridized carbons (Fsp3) is 0.154. The van der Waals surface area contributed by atoms with Crippen molar-refractivity contribution in [2.24, 2.45) is 0 Å². The third-order valence-electron chi connectivity index (χ3n) is 3.19.